The van der Waals surface area contributed by atoms with Crippen LogP contribution in [0.3, 0.4) is 0 Å². The largest absolute Gasteiger partial charge is 0.493 e. The van der Waals surface area contributed by atoms with E-state index in [0.29, 0.717) is 22.8 Å². The summed E-state index contributed by atoms with van der Waals surface area (Å²) in [5.74, 6) is 1.57. The molecule has 2 saturated heterocycles. The molecule has 4 rings (SSSR count). The van der Waals surface area contributed by atoms with Crippen molar-refractivity contribution in [3.63, 3.8) is 0 Å². The summed E-state index contributed by atoms with van der Waals surface area (Å²) in [5.41, 5.74) is 1.44. The predicted octanol–water partition coefficient (Wildman–Crippen LogP) is -0.369. The molecule has 2 amide bonds. The molecule has 3 aliphatic rings. The maximum atomic E-state index is 13.2. The Bertz CT molecular complexity index is 748. The molecule has 0 spiro atoms. The van der Waals surface area contributed by atoms with Gasteiger partial charge < -0.3 is 24.2 Å². The highest BCUT2D eigenvalue weighted by molar-refractivity contribution is 7.99. The molecular formula is C18H24N3O4S+. The molecule has 2 fully saturated rings. The van der Waals surface area contributed by atoms with E-state index in [0.717, 1.165) is 31.7 Å². The lowest BCUT2D eigenvalue weighted by Gasteiger charge is -2.33. The third-order valence-electron chi connectivity index (χ3n) is 5.51. The van der Waals surface area contributed by atoms with Gasteiger partial charge in [0.2, 0.25) is 5.91 Å². The number of hydrogen-bond donors (Lipinski definition) is 1. The summed E-state index contributed by atoms with van der Waals surface area (Å²) in [6.07, 6.45) is 0. The van der Waals surface area contributed by atoms with Crippen LogP contribution >= 0.6 is 11.8 Å². The van der Waals surface area contributed by atoms with Gasteiger partial charge >= 0.3 is 0 Å². The second kappa shape index (κ2) is 6.66. The Morgan fingerprint density at radius 1 is 1.23 bits per heavy atom. The summed E-state index contributed by atoms with van der Waals surface area (Å²) < 4.78 is 10.8. The van der Waals surface area contributed by atoms with E-state index in [4.69, 9.17) is 9.47 Å². The predicted molar refractivity (Wildman–Crippen MR) is 97.9 cm³/mol. The number of thioether (sulfide) groups is 1. The maximum absolute atomic E-state index is 13.2. The fourth-order valence-electron chi connectivity index (χ4n) is 4.00. The smallest absolute Gasteiger partial charge is 0.260 e. The van der Waals surface area contributed by atoms with Crippen molar-refractivity contribution < 1.29 is 24.0 Å². The number of ether oxygens (including phenoxy) is 2. The first-order valence-electron chi connectivity index (χ1n) is 8.86. The number of rotatable bonds is 3. The fraction of sp³-hybridized carbons (Fsp3) is 0.556. The summed E-state index contributed by atoms with van der Waals surface area (Å²) in [5, 5.41) is -0.121. The van der Waals surface area contributed by atoms with Crippen molar-refractivity contribution in [2.24, 2.45) is 0 Å². The lowest BCUT2D eigenvalue weighted by molar-refractivity contribution is -0.883. The first kappa shape index (κ1) is 17.5. The van der Waals surface area contributed by atoms with Crippen molar-refractivity contribution in [3.8, 4) is 11.5 Å². The molecule has 1 aromatic carbocycles. The van der Waals surface area contributed by atoms with Crippen molar-refractivity contribution in [1.82, 2.24) is 9.80 Å². The highest BCUT2D eigenvalue weighted by Crippen LogP contribution is 2.52. The minimum Gasteiger partial charge on any atom is -0.493 e. The quantitative estimate of drug-likeness (QED) is 0.778. The second-order valence-corrected chi connectivity index (χ2v) is 8.07. The zero-order valence-corrected chi connectivity index (χ0v) is 16.1. The summed E-state index contributed by atoms with van der Waals surface area (Å²) in [4.78, 5) is 31.3. The van der Waals surface area contributed by atoms with Crippen LogP contribution in [0.2, 0.25) is 0 Å². The Morgan fingerprint density at radius 2 is 1.96 bits per heavy atom. The van der Waals surface area contributed by atoms with E-state index in [-0.39, 0.29) is 17.2 Å². The van der Waals surface area contributed by atoms with Gasteiger partial charge in [-0.1, -0.05) is 6.07 Å². The molecule has 7 nitrogen and oxygen atoms in total. The van der Waals surface area contributed by atoms with Crippen molar-refractivity contribution in [2.75, 3.05) is 53.2 Å². The minimum atomic E-state index is -0.404. The number of amides is 2. The first-order valence-corrected chi connectivity index (χ1v) is 9.91. The zero-order chi connectivity index (χ0) is 18.4. The molecule has 0 radical (unpaired) electrons. The van der Waals surface area contributed by atoms with Gasteiger partial charge in [-0.05, 0) is 6.07 Å². The molecule has 8 heteroatoms. The molecule has 26 heavy (non-hydrogen) atoms. The van der Waals surface area contributed by atoms with Crippen LogP contribution in [0.4, 0.5) is 0 Å². The summed E-state index contributed by atoms with van der Waals surface area (Å²) >= 11 is 1.65. The minimum absolute atomic E-state index is 0.0691. The first-order chi connectivity index (χ1) is 12.6. The number of fused-ring (bicyclic) bond motifs is 3. The molecular weight excluding hydrogens is 354 g/mol. The SMILES string of the molecule is COc1ccc2c(c1OC)C(=O)N1[C@@H]2SC[C@H]1C(=O)N1CC[NH+](C)CC1. The van der Waals surface area contributed by atoms with Gasteiger partial charge in [-0.25, -0.2) is 0 Å². The number of likely N-dealkylation sites (N-methyl/N-ethyl adjacent to an activating group) is 1. The Labute approximate surface area is 157 Å². The molecule has 2 atom stereocenters. The van der Waals surface area contributed by atoms with E-state index in [1.165, 1.54) is 12.0 Å². The van der Waals surface area contributed by atoms with Crippen molar-refractivity contribution >= 4 is 23.6 Å². The van der Waals surface area contributed by atoms with E-state index in [9.17, 15) is 9.59 Å². The van der Waals surface area contributed by atoms with Crippen LogP contribution < -0.4 is 14.4 Å². The zero-order valence-electron chi connectivity index (χ0n) is 15.3. The monoisotopic (exact) mass is 378 g/mol. The number of carbonyl (C=O) groups excluding carboxylic acids is 2. The van der Waals surface area contributed by atoms with Gasteiger partial charge in [0, 0.05) is 11.3 Å². The standard InChI is InChI=1S/C18H23N3O4S/c1-19-6-8-20(9-7-19)16(22)12-10-26-18-11-4-5-13(24-2)15(25-3)14(11)17(23)21(12)18/h4-5,12,18H,6-10H2,1-3H3/p+1/t12-,18+/m0/s1. The molecule has 3 aliphatic heterocycles. The number of quaternary nitrogens is 1. The van der Waals surface area contributed by atoms with Gasteiger partial charge in [-0.15, -0.1) is 11.8 Å². The number of benzene rings is 1. The Kier molecular flexibility index (Phi) is 4.48. The molecule has 0 bridgehead atoms. The highest BCUT2D eigenvalue weighted by Gasteiger charge is 2.51. The number of carbonyl (C=O) groups is 2. The molecule has 0 unspecified atom stereocenters. The van der Waals surface area contributed by atoms with E-state index in [2.05, 4.69) is 7.05 Å². The van der Waals surface area contributed by atoms with Crippen LogP contribution in [-0.4, -0.2) is 80.9 Å². The lowest BCUT2D eigenvalue weighted by atomic mass is 10.1. The van der Waals surface area contributed by atoms with Gasteiger partial charge in [-0.2, -0.15) is 0 Å². The van der Waals surface area contributed by atoms with Gasteiger partial charge in [0.1, 0.15) is 11.4 Å². The van der Waals surface area contributed by atoms with E-state index in [1.807, 2.05) is 17.0 Å². The molecule has 0 saturated carbocycles. The summed E-state index contributed by atoms with van der Waals surface area (Å²) in [7, 11) is 5.24. The molecule has 1 N–H and O–H groups in total. The Balaban J connectivity index is 1.63. The van der Waals surface area contributed by atoms with Crippen LogP contribution in [0.25, 0.3) is 0 Å². The number of piperazine rings is 1. The molecule has 140 valence electrons. The number of nitrogens with one attached hydrogen (secondary N) is 1. The van der Waals surface area contributed by atoms with Crippen LogP contribution in [0.5, 0.6) is 11.5 Å². The third-order valence-corrected chi connectivity index (χ3v) is 6.81. The number of nitrogens with zero attached hydrogens (tertiary/aromatic N) is 2. The van der Waals surface area contributed by atoms with E-state index >= 15 is 0 Å². The average molecular weight is 378 g/mol. The van der Waals surface area contributed by atoms with E-state index < -0.39 is 6.04 Å². The fourth-order valence-corrected chi connectivity index (χ4v) is 5.45. The average Bonchev–Trinajstić information content (AvgIpc) is 3.21. The highest BCUT2D eigenvalue weighted by atomic mass is 32.2. The molecule has 0 aliphatic carbocycles. The lowest BCUT2D eigenvalue weighted by Crippen LogP contribution is -3.12. The third kappa shape index (κ3) is 2.54. The van der Waals surface area contributed by atoms with Crippen LogP contribution in [0.15, 0.2) is 12.1 Å². The second-order valence-electron chi connectivity index (χ2n) is 6.96. The molecule has 3 heterocycles. The molecule has 0 aromatic heterocycles. The number of hydrogen-bond acceptors (Lipinski definition) is 5. The summed E-state index contributed by atoms with van der Waals surface area (Å²) in [6.45, 7) is 3.41. The van der Waals surface area contributed by atoms with Gasteiger partial charge in [0.25, 0.3) is 5.91 Å². The maximum Gasteiger partial charge on any atom is 0.260 e. The number of methoxy groups -OCH3 is 2. The van der Waals surface area contributed by atoms with Crippen molar-refractivity contribution in [2.45, 2.75) is 11.4 Å². The van der Waals surface area contributed by atoms with Crippen LogP contribution in [0.1, 0.15) is 21.3 Å². The van der Waals surface area contributed by atoms with Gasteiger partial charge in [0.05, 0.1) is 53.0 Å². The van der Waals surface area contributed by atoms with Gasteiger partial charge in [0.15, 0.2) is 11.5 Å². The topological polar surface area (TPSA) is 63.5 Å². The molecule has 1 aromatic rings. The van der Waals surface area contributed by atoms with Crippen LogP contribution in [-0.2, 0) is 4.79 Å². The van der Waals surface area contributed by atoms with Gasteiger partial charge in [-0.3, -0.25) is 9.59 Å². The van der Waals surface area contributed by atoms with Crippen molar-refractivity contribution in [3.05, 3.63) is 23.3 Å². The Morgan fingerprint density at radius 3 is 2.62 bits per heavy atom. The normalized spacial score (nSPS) is 25.3. The van der Waals surface area contributed by atoms with Crippen LogP contribution in [0, 0.1) is 0 Å². The van der Waals surface area contributed by atoms with E-state index in [1.54, 1.807) is 23.8 Å². The summed E-state index contributed by atoms with van der Waals surface area (Å²) in [6, 6.07) is 3.34. The van der Waals surface area contributed by atoms with Crippen molar-refractivity contribution in [1.29, 1.82) is 0 Å². The Hall–Kier alpha value is -1.93.